The second kappa shape index (κ2) is 6.62. The van der Waals surface area contributed by atoms with E-state index in [0.717, 1.165) is 5.56 Å². The van der Waals surface area contributed by atoms with Crippen molar-refractivity contribution in [1.82, 2.24) is 0 Å². The third-order valence-electron chi connectivity index (χ3n) is 1.98. The molecule has 16 heavy (non-hydrogen) atoms. The molecule has 0 amide bonds. The molecule has 0 aliphatic rings. The molecule has 0 aliphatic heterocycles. The first kappa shape index (κ1) is 12.2. The minimum Gasteiger partial charge on any atom is -0.498 e. The van der Waals surface area contributed by atoms with Crippen molar-refractivity contribution in [3.8, 4) is 0 Å². The number of benzene rings is 1. The largest absolute Gasteiger partial charge is 0.498 e. The average Bonchev–Trinajstić information content (AvgIpc) is 2.28. The van der Waals surface area contributed by atoms with Crippen LogP contribution in [0.1, 0.15) is 18.9 Å². The van der Waals surface area contributed by atoms with Gasteiger partial charge >= 0.3 is 0 Å². The van der Waals surface area contributed by atoms with Crippen LogP contribution < -0.4 is 0 Å². The molecule has 0 saturated heterocycles. The van der Waals surface area contributed by atoms with Crippen molar-refractivity contribution in [2.24, 2.45) is 0 Å². The van der Waals surface area contributed by atoms with Gasteiger partial charge in [-0.1, -0.05) is 43.0 Å². The van der Waals surface area contributed by atoms with Gasteiger partial charge in [0.25, 0.3) is 0 Å². The standard InChI is InChI=1S/C14H16O2/c1-3-16-12(2)11-14(15)10-9-13-7-5-4-6-8-13/h4-10H,2-3,11H2,1H3/b10-9+. The van der Waals surface area contributed by atoms with E-state index in [4.69, 9.17) is 4.74 Å². The summed E-state index contributed by atoms with van der Waals surface area (Å²) in [6, 6.07) is 9.70. The summed E-state index contributed by atoms with van der Waals surface area (Å²) in [4.78, 5) is 11.5. The minimum atomic E-state index is 0.00213. The molecule has 0 unspecified atom stereocenters. The number of hydrogen-bond acceptors (Lipinski definition) is 2. The molecule has 0 atom stereocenters. The molecule has 1 aromatic rings. The van der Waals surface area contributed by atoms with Gasteiger partial charge in [-0.25, -0.2) is 0 Å². The van der Waals surface area contributed by atoms with Crippen molar-refractivity contribution in [2.45, 2.75) is 13.3 Å². The maximum Gasteiger partial charge on any atom is 0.163 e. The van der Waals surface area contributed by atoms with Gasteiger partial charge in [0, 0.05) is 0 Å². The quantitative estimate of drug-likeness (QED) is 0.539. The van der Waals surface area contributed by atoms with Gasteiger partial charge in [-0.05, 0) is 18.6 Å². The fraction of sp³-hybridized carbons (Fsp3) is 0.214. The van der Waals surface area contributed by atoms with E-state index in [2.05, 4.69) is 6.58 Å². The van der Waals surface area contributed by atoms with E-state index in [9.17, 15) is 4.79 Å². The Morgan fingerprint density at radius 2 is 2.06 bits per heavy atom. The van der Waals surface area contributed by atoms with Crippen LogP contribution in [-0.2, 0) is 9.53 Å². The zero-order valence-electron chi connectivity index (χ0n) is 9.48. The predicted molar refractivity (Wildman–Crippen MR) is 65.9 cm³/mol. The highest BCUT2D eigenvalue weighted by Gasteiger charge is 2.00. The first-order valence-corrected chi connectivity index (χ1v) is 5.29. The maximum atomic E-state index is 11.5. The summed E-state index contributed by atoms with van der Waals surface area (Å²) in [6.07, 6.45) is 3.60. The van der Waals surface area contributed by atoms with Crippen LogP contribution in [0.5, 0.6) is 0 Å². The molecule has 0 aromatic heterocycles. The van der Waals surface area contributed by atoms with Crippen LogP contribution in [0.2, 0.25) is 0 Å². The van der Waals surface area contributed by atoms with Crippen molar-refractivity contribution < 1.29 is 9.53 Å². The molecule has 0 N–H and O–H groups in total. The summed E-state index contributed by atoms with van der Waals surface area (Å²) in [6.45, 7) is 6.08. The van der Waals surface area contributed by atoms with Gasteiger partial charge in [0.2, 0.25) is 0 Å². The van der Waals surface area contributed by atoms with Crippen LogP contribution in [0.4, 0.5) is 0 Å². The van der Waals surface area contributed by atoms with Gasteiger partial charge in [0.05, 0.1) is 18.8 Å². The van der Waals surface area contributed by atoms with Gasteiger partial charge in [0.15, 0.2) is 5.78 Å². The average molecular weight is 216 g/mol. The normalized spacial score (nSPS) is 10.3. The zero-order valence-corrected chi connectivity index (χ0v) is 9.48. The molecule has 0 fully saturated rings. The van der Waals surface area contributed by atoms with Crippen molar-refractivity contribution in [1.29, 1.82) is 0 Å². The number of ether oxygens (including phenoxy) is 1. The van der Waals surface area contributed by atoms with Crippen LogP contribution in [-0.4, -0.2) is 12.4 Å². The Bertz CT molecular complexity index is 377. The topological polar surface area (TPSA) is 26.3 Å². The Labute approximate surface area is 96.2 Å². The Hall–Kier alpha value is -1.83. The van der Waals surface area contributed by atoms with Crippen LogP contribution in [0.25, 0.3) is 6.08 Å². The highest BCUT2D eigenvalue weighted by atomic mass is 16.5. The van der Waals surface area contributed by atoms with Crippen molar-refractivity contribution in [3.05, 3.63) is 54.3 Å². The molecule has 0 aliphatic carbocycles. The number of carbonyl (C=O) groups is 1. The summed E-state index contributed by atoms with van der Waals surface area (Å²) in [5.74, 6) is 0.521. The molecule has 0 spiro atoms. The Morgan fingerprint density at radius 3 is 2.69 bits per heavy atom. The first-order valence-electron chi connectivity index (χ1n) is 5.29. The Balaban J connectivity index is 2.46. The smallest absolute Gasteiger partial charge is 0.163 e. The predicted octanol–water partition coefficient (Wildman–Crippen LogP) is 3.21. The zero-order chi connectivity index (χ0) is 11.8. The Morgan fingerprint density at radius 1 is 1.38 bits per heavy atom. The SMILES string of the molecule is C=C(CC(=O)/C=C/c1ccccc1)OCC. The van der Waals surface area contributed by atoms with Crippen LogP contribution in [0.3, 0.4) is 0 Å². The molecular formula is C14H16O2. The first-order chi connectivity index (χ1) is 7.72. The lowest BCUT2D eigenvalue weighted by atomic mass is 10.1. The summed E-state index contributed by atoms with van der Waals surface area (Å²) in [5, 5.41) is 0. The van der Waals surface area contributed by atoms with E-state index in [1.807, 2.05) is 37.3 Å². The van der Waals surface area contributed by atoms with E-state index < -0.39 is 0 Å². The lowest BCUT2D eigenvalue weighted by molar-refractivity contribution is -0.114. The van der Waals surface area contributed by atoms with Gasteiger partial charge in [-0.3, -0.25) is 4.79 Å². The molecular weight excluding hydrogens is 200 g/mol. The molecule has 1 aromatic carbocycles. The van der Waals surface area contributed by atoms with Crippen LogP contribution in [0.15, 0.2) is 48.7 Å². The molecule has 0 heterocycles. The van der Waals surface area contributed by atoms with Gasteiger partial charge in [0.1, 0.15) is 0 Å². The fourth-order valence-corrected chi connectivity index (χ4v) is 1.26. The van der Waals surface area contributed by atoms with Crippen molar-refractivity contribution in [2.75, 3.05) is 6.61 Å². The molecule has 2 nitrogen and oxygen atoms in total. The van der Waals surface area contributed by atoms with E-state index >= 15 is 0 Å². The number of allylic oxidation sites excluding steroid dienone is 2. The second-order valence-electron chi connectivity index (χ2n) is 3.36. The highest BCUT2D eigenvalue weighted by Crippen LogP contribution is 2.05. The maximum absolute atomic E-state index is 11.5. The fourth-order valence-electron chi connectivity index (χ4n) is 1.26. The van der Waals surface area contributed by atoms with Crippen LogP contribution in [0, 0.1) is 0 Å². The molecule has 84 valence electrons. The summed E-state index contributed by atoms with van der Waals surface area (Å²) in [5.41, 5.74) is 1.01. The molecule has 0 bridgehead atoms. The molecule has 0 saturated carbocycles. The van der Waals surface area contributed by atoms with E-state index in [0.29, 0.717) is 12.4 Å². The highest BCUT2D eigenvalue weighted by molar-refractivity contribution is 5.94. The van der Waals surface area contributed by atoms with Gasteiger partial charge in [-0.2, -0.15) is 0 Å². The van der Waals surface area contributed by atoms with E-state index in [1.54, 1.807) is 12.2 Å². The summed E-state index contributed by atoms with van der Waals surface area (Å²) < 4.78 is 5.12. The van der Waals surface area contributed by atoms with Gasteiger partial charge in [-0.15, -0.1) is 0 Å². The molecule has 1 rings (SSSR count). The summed E-state index contributed by atoms with van der Waals surface area (Å²) in [7, 11) is 0. The van der Waals surface area contributed by atoms with Crippen LogP contribution >= 0.6 is 0 Å². The van der Waals surface area contributed by atoms with Crippen molar-refractivity contribution >= 4 is 11.9 Å². The number of carbonyl (C=O) groups excluding carboxylic acids is 1. The molecule has 0 radical (unpaired) electrons. The second-order valence-corrected chi connectivity index (χ2v) is 3.36. The van der Waals surface area contributed by atoms with E-state index in [-0.39, 0.29) is 12.2 Å². The third kappa shape index (κ3) is 4.60. The van der Waals surface area contributed by atoms with Gasteiger partial charge < -0.3 is 4.74 Å². The molecule has 2 heteroatoms. The van der Waals surface area contributed by atoms with E-state index in [1.165, 1.54) is 0 Å². The third-order valence-corrected chi connectivity index (χ3v) is 1.98. The number of hydrogen-bond donors (Lipinski definition) is 0. The lowest BCUT2D eigenvalue weighted by Gasteiger charge is -2.03. The Kier molecular flexibility index (Phi) is 5.06. The minimum absolute atomic E-state index is 0.00213. The monoisotopic (exact) mass is 216 g/mol. The van der Waals surface area contributed by atoms with Crippen molar-refractivity contribution in [3.63, 3.8) is 0 Å². The lowest BCUT2D eigenvalue weighted by Crippen LogP contribution is -1.98. The summed E-state index contributed by atoms with van der Waals surface area (Å²) >= 11 is 0. The number of ketones is 1. The number of rotatable bonds is 6.